The largest absolute Gasteiger partial charge is 0.378 e. The van der Waals surface area contributed by atoms with Crippen LogP contribution in [-0.4, -0.2) is 21.0 Å². The maximum Gasteiger partial charge on any atom is 0.0958 e. The number of thioether (sulfide) groups is 1. The average molecular weight is 234 g/mol. The third-order valence-corrected chi connectivity index (χ3v) is 3.00. The molecule has 0 fully saturated rings. The predicted molar refractivity (Wildman–Crippen MR) is 66.6 cm³/mol. The maximum absolute atomic E-state index is 4.30. The zero-order valence-corrected chi connectivity index (χ0v) is 10.2. The van der Waals surface area contributed by atoms with Gasteiger partial charge in [-0.3, -0.25) is 4.68 Å². The lowest BCUT2D eigenvalue weighted by Gasteiger charge is -2.06. The van der Waals surface area contributed by atoms with E-state index >= 15 is 0 Å². The maximum atomic E-state index is 4.30. The Morgan fingerprint density at radius 1 is 1.38 bits per heavy atom. The molecule has 0 saturated heterocycles. The van der Waals surface area contributed by atoms with Crippen molar-refractivity contribution in [1.29, 1.82) is 0 Å². The summed E-state index contributed by atoms with van der Waals surface area (Å²) in [5.41, 5.74) is 2.17. The molecule has 2 aromatic rings. The second-order valence-corrected chi connectivity index (χ2v) is 4.22. The summed E-state index contributed by atoms with van der Waals surface area (Å²) < 4.78 is 1.86. The molecule has 2 aromatic heterocycles. The van der Waals surface area contributed by atoms with E-state index in [9.17, 15) is 0 Å². The standard InChI is InChI=1S/C11H14N4S/c1-15-10(5-6-14-15)8-12-9-3-4-11(16-2)13-7-9/h3-7,12H,8H2,1-2H3. The summed E-state index contributed by atoms with van der Waals surface area (Å²) in [5, 5.41) is 8.45. The van der Waals surface area contributed by atoms with Crippen LogP contribution in [0.1, 0.15) is 5.69 Å². The van der Waals surface area contributed by atoms with Gasteiger partial charge >= 0.3 is 0 Å². The lowest BCUT2D eigenvalue weighted by atomic mass is 10.4. The van der Waals surface area contributed by atoms with Crippen LogP contribution in [0, 0.1) is 0 Å². The van der Waals surface area contributed by atoms with Gasteiger partial charge in [0.2, 0.25) is 0 Å². The fourth-order valence-corrected chi connectivity index (χ4v) is 1.74. The second kappa shape index (κ2) is 5.03. The zero-order chi connectivity index (χ0) is 11.4. The first-order valence-electron chi connectivity index (χ1n) is 5.00. The first-order valence-corrected chi connectivity index (χ1v) is 6.23. The van der Waals surface area contributed by atoms with Crippen LogP contribution in [0.4, 0.5) is 5.69 Å². The summed E-state index contributed by atoms with van der Waals surface area (Å²) in [6.07, 6.45) is 5.67. The van der Waals surface area contributed by atoms with E-state index in [2.05, 4.69) is 15.4 Å². The van der Waals surface area contributed by atoms with Crippen molar-refractivity contribution in [2.24, 2.45) is 7.05 Å². The molecule has 0 saturated carbocycles. The Labute approximate surface area is 99.1 Å². The molecule has 5 heteroatoms. The molecule has 84 valence electrons. The molecule has 1 N–H and O–H groups in total. The summed E-state index contributed by atoms with van der Waals surface area (Å²) in [6, 6.07) is 6.04. The number of hydrogen-bond acceptors (Lipinski definition) is 4. The average Bonchev–Trinajstić information content (AvgIpc) is 2.73. The summed E-state index contributed by atoms with van der Waals surface area (Å²) in [4.78, 5) is 4.30. The molecular formula is C11H14N4S. The monoisotopic (exact) mass is 234 g/mol. The Morgan fingerprint density at radius 2 is 2.25 bits per heavy atom. The second-order valence-electron chi connectivity index (χ2n) is 3.39. The van der Waals surface area contributed by atoms with E-state index in [1.807, 2.05) is 42.4 Å². The van der Waals surface area contributed by atoms with E-state index in [4.69, 9.17) is 0 Å². The van der Waals surface area contributed by atoms with Gasteiger partial charge in [-0.05, 0) is 24.5 Å². The van der Waals surface area contributed by atoms with Crippen molar-refractivity contribution in [3.63, 3.8) is 0 Å². The molecule has 0 aliphatic carbocycles. The Kier molecular flexibility index (Phi) is 3.46. The molecule has 0 aliphatic rings. The first kappa shape index (κ1) is 11.0. The number of pyridine rings is 1. The molecule has 0 spiro atoms. The lowest BCUT2D eigenvalue weighted by Crippen LogP contribution is -2.05. The number of aryl methyl sites for hydroxylation is 1. The van der Waals surface area contributed by atoms with Crippen LogP contribution in [0.15, 0.2) is 35.6 Å². The molecule has 4 nitrogen and oxygen atoms in total. The van der Waals surface area contributed by atoms with E-state index in [-0.39, 0.29) is 0 Å². The molecule has 0 amide bonds. The minimum absolute atomic E-state index is 0.761. The van der Waals surface area contributed by atoms with Gasteiger partial charge < -0.3 is 5.32 Å². The van der Waals surface area contributed by atoms with Gasteiger partial charge in [-0.15, -0.1) is 11.8 Å². The van der Waals surface area contributed by atoms with E-state index in [0.29, 0.717) is 0 Å². The number of nitrogens with one attached hydrogen (secondary N) is 1. The molecule has 2 rings (SSSR count). The van der Waals surface area contributed by atoms with Gasteiger partial charge in [-0.1, -0.05) is 0 Å². The van der Waals surface area contributed by atoms with Crippen molar-refractivity contribution in [2.75, 3.05) is 11.6 Å². The van der Waals surface area contributed by atoms with Crippen molar-refractivity contribution in [3.8, 4) is 0 Å². The van der Waals surface area contributed by atoms with E-state index in [1.165, 1.54) is 0 Å². The third kappa shape index (κ3) is 2.55. The normalized spacial score (nSPS) is 10.4. The minimum Gasteiger partial charge on any atom is -0.378 e. The van der Waals surface area contributed by atoms with Gasteiger partial charge in [-0.25, -0.2) is 4.98 Å². The molecule has 0 aliphatic heterocycles. The highest BCUT2D eigenvalue weighted by molar-refractivity contribution is 7.98. The SMILES string of the molecule is CSc1ccc(NCc2ccnn2C)cn1. The van der Waals surface area contributed by atoms with Crippen LogP contribution >= 0.6 is 11.8 Å². The summed E-state index contributed by atoms with van der Waals surface area (Å²) >= 11 is 1.64. The van der Waals surface area contributed by atoms with Gasteiger partial charge in [-0.2, -0.15) is 5.10 Å². The fourth-order valence-electron chi connectivity index (χ4n) is 1.37. The molecular weight excluding hydrogens is 220 g/mol. The Balaban J connectivity index is 1.97. The van der Waals surface area contributed by atoms with Crippen LogP contribution < -0.4 is 5.32 Å². The topological polar surface area (TPSA) is 42.7 Å². The summed E-state index contributed by atoms with van der Waals surface area (Å²) in [7, 11) is 1.94. The smallest absolute Gasteiger partial charge is 0.0958 e. The molecule has 0 aromatic carbocycles. The van der Waals surface area contributed by atoms with E-state index in [1.54, 1.807) is 18.0 Å². The van der Waals surface area contributed by atoms with Crippen LogP contribution in [-0.2, 0) is 13.6 Å². The first-order chi connectivity index (χ1) is 7.79. The van der Waals surface area contributed by atoms with Gasteiger partial charge in [0.05, 0.1) is 29.1 Å². The van der Waals surface area contributed by atoms with Gasteiger partial charge in [0.25, 0.3) is 0 Å². The lowest BCUT2D eigenvalue weighted by molar-refractivity contribution is 0.720. The Morgan fingerprint density at radius 3 is 2.81 bits per heavy atom. The number of aromatic nitrogens is 3. The van der Waals surface area contributed by atoms with Gasteiger partial charge in [0.15, 0.2) is 0 Å². The van der Waals surface area contributed by atoms with E-state index in [0.717, 1.165) is 23.0 Å². The zero-order valence-electron chi connectivity index (χ0n) is 9.34. The minimum atomic E-state index is 0.761. The third-order valence-electron chi connectivity index (χ3n) is 2.34. The highest BCUT2D eigenvalue weighted by Crippen LogP contribution is 2.14. The number of nitrogens with zero attached hydrogens (tertiary/aromatic N) is 3. The predicted octanol–water partition coefficient (Wildman–Crippen LogP) is 2.15. The quantitative estimate of drug-likeness (QED) is 0.823. The summed E-state index contributed by atoms with van der Waals surface area (Å²) in [6.45, 7) is 0.761. The van der Waals surface area contributed by atoms with Gasteiger partial charge in [0, 0.05) is 13.2 Å². The highest BCUT2D eigenvalue weighted by Gasteiger charge is 1.98. The number of rotatable bonds is 4. The molecule has 0 bridgehead atoms. The van der Waals surface area contributed by atoms with Crippen molar-refractivity contribution in [3.05, 3.63) is 36.3 Å². The summed E-state index contributed by atoms with van der Waals surface area (Å²) in [5.74, 6) is 0. The van der Waals surface area contributed by atoms with Crippen LogP contribution in [0.2, 0.25) is 0 Å². The van der Waals surface area contributed by atoms with E-state index < -0.39 is 0 Å². The highest BCUT2D eigenvalue weighted by atomic mass is 32.2. The Bertz CT molecular complexity index is 449. The molecule has 16 heavy (non-hydrogen) atoms. The number of anilines is 1. The number of hydrogen-bond donors (Lipinski definition) is 1. The van der Waals surface area contributed by atoms with Crippen LogP contribution in [0.25, 0.3) is 0 Å². The molecule has 0 atom stereocenters. The fraction of sp³-hybridized carbons (Fsp3) is 0.273. The van der Waals surface area contributed by atoms with Crippen LogP contribution in [0.3, 0.4) is 0 Å². The molecule has 2 heterocycles. The Hall–Kier alpha value is -1.49. The van der Waals surface area contributed by atoms with Crippen molar-refractivity contribution >= 4 is 17.4 Å². The molecule has 0 unspecified atom stereocenters. The van der Waals surface area contributed by atoms with Crippen molar-refractivity contribution in [2.45, 2.75) is 11.6 Å². The van der Waals surface area contributed by atoms with Crippen molar-refractivity contribution < 1.29 is 0 Å². The van der Waals surface area contributed by atoms with Crippen LogP contribution in [0.5, 0.6) is 0 Å². The van der Waals surface area contributed by atoms with Crippen molar-refractivity contribution in [1.82, 2.24) is 14.8 Å². The molecule has 0 radical (unpaired) electrons. The van der Waals surface area contributed by atoms with Gasteiger partial charge in [0.1, 0.15) is 0 Å².